The average Bonchev–Trinajstić information content (AvgIpc) is 2.35. The van der Waals surface area contributed by atoms with Gasteiger partial charge in [-0.25, -0.2) is 0 Å². The first-order valence-corrected chi connectivity index (χ1v) is 4.50. The molecule has 2 rings (SSSR count). The van der Waals surface area contributed by atoms with Gasteiger partial charge in [-0.05, 0) is 44.1 Å². The smallest absolute Gasteiger partial charge is 0.00703 e. The molecule has 2 aliphatic rings. The maximum absolute atomic E-state index is 3.54. The molecule has 58 valence electrons. The van der Waals surface area contributed by atoms with Gasteiger partial charge in [-0.1, -0.05) is 6.92 Å². The summed E-state index contributed by atoms with van der Waals surface area (Å²) in [6.45, 7) is 6.02. The van der Waals surface area contributed by atoms with Crippen LogP contribution in [0.4, 0.5) is 0 Å². The summed E-state index contributed by atoms with van der Waals surface area (Å²) in [6.07, 6.45) is 2.95. The fourth-order valence-corrected chi connectivity index (χ4v) is 2.78. The molecule has 2 fully saturated rings. The van der Waals surface area contributed by atoms with Gasteiger partial charge in [0.15, 0.2) is 0 Å². The minimum absolute atomic E-state index is 0.801. The van der Waals surface area contributed by atoms with Crippen LogP contribution in [0, 0.1) is 17.8 Å². The molecule has 1 aliphatic heterocycles. The highest BCUT2D eigenvalue weighted by atomic mass is 15.0. The van der Waals surface area contributed by atoms with E-state index in [-0.39, 0.29) is 0 Å². The first-order chi connectivity index (χ1) is 4.77. The molecule has 0 aromatic carbocycles. The van der Waals surface area contributed by atoms with Crippen LogP contribution in [0.3, 0.4) is 0 Å². The van der Waals surface area contributed by atoms with E-state index in [2.05, 4.69) is 19.2 Å². The van der Waals surface area contributed by atoms with E-state index in [1.165, 1.54) is 19.4 Å². The highest BCUT2D eigenvalue weighted by Crippen LogP contribution is 2.40. The number of fused-ring (bicyclic) bond motifs is 1. The van der Waals surface area contributed by atoms with Crippen molar-refractivity contribution < 1.29 is 0 Å². The molecule has 0 amide bonds. The van der Waals surface area contributed by atoms with Crippen LogP contribution >= 0.6 is 0 Å². The monoisotopic (exact) mass is 139 g/mol. The number of rotatable bonds is 0. The maximum atomic E-state index is 3.54. The lowest BCUT2D eigenvalue weighted by Gasteiger charge is -2.12. The Morgan fingerprint density at radius 1 is 1.20 bits per heavy atom. The van der Waals surface area contributed by atoms with Gasteiger partial charge < -0.3 is 5.32 Å². The molecule has 1 aliphatic carbocycles. The Morgan fingerprint density at radius 3 is 2.70 bits per heavy atom. The zero-order chi connectivity index (χ0) is 7.14. The topological polar surface area (TPSA) is 12.0 Å². The van der Waals surface area contributed by atoms with Crippen molar-refractivity contribution >= 4 is 0 Å². The summed E-state index contributed by atoms with van der Waals surface area (Å²) in [5.74, 6) is 3.03. The Labute approximate surface area is 63.2 Å². The van der Waals surface area contributed by atoms with Crippen molar-refractivity contribution in [2.75, 3.05) is 6.54 Å². The maximum Gasteiger partial charge on any atom is 0.00703 e. The van der Waals surface area contributed by atoms with E-state index in [1.807, 2.05) is 0 Å². The molecular weight excluding hydrogens is 122 g/mol. The van der Waals surface area contributed by atoms with Crippen LogP contribution in [0.15, 0.2) is 0 Å². The predicted octanol–water partition coefficient (Wildman–Crippen LogP) is 1.64. The second kappa shape index (κ2) is 2.23. The summed E-state index contributed by atoms with van der Waals surface area (Å²) in [4.78, 5) is 0. The zero-order valence-electron chi connectivity index (χ0n) is 6.93. The molecule has 1 saturated carbocycles. The number of nitrogens with one attached hydrogen (secondary N) is 1. The largest absolute Gasteiger partial charge is 0.314 e. The van der Waals surface area contributed by atoms with Gasteiger partial charge in [0.05, 0.1) is 0 Å². The van der Waals surface area contributed by atoms with Gasteiger partial charge >= 0.3 is 0 Å². The zero-order valence-corrected chi connectivity index (χ0v) is 6.93. The Bertz CT molecular complexity index is 133. The molecule has 1 nitrogen and oxygen atoms in total. The van der Waals surface area contributed by atoms with Crippen LogP contribution in [0.2, 0.25) is 0 Å². The SMILES string of the molecule is CC1CC2CN[C@@H](C)[C@H]2C1. The highest BCUT2D eigenvalue weighted by molar-refractivity contribution is 4.93. The summed E-state index contributed by atoms with van der Waals surface area (Å²) in [7, 11) is 0. The van der Waals surface area contributed by atoms with E-state index in [4.69, 9.17) is 0 Å². The van der Waals surface area contributed by atoms with Gasteiger partial charge in [0.1, 0.15) is 0 Å². The van der Waals surface area contributed by atoms with Gasteiger partial charge in [0.2, 0.25) is 0 Å². The molecule has 1 saturated heterocycles. The molecular formula is C9H17N. The molecule has 0 radical (unpaired) electrons. The lowest BCUT2D eigenvalue weighted by atomic mass is 9.95. The van der Waals surface area contributed by atoms with Gasteiger partial charge in [-0.3, -0.25) is 0 Å². The molecule has 0 spiro atoms. The second-order valence-corrected chi connectivity index (χ2v) is 4.20. The van der Waals surface area contributed by atoms with E-state index in [0.29, 0.717) is 0 Å². The molecule has 1 heteroatoms. The lowest BCUT2D eigenvalue weighted by Crippen LogP contribution is -2.22. The highest BCUT2D eigenvalue weighted by Gasteiger charge is 2.39. The van der Waals surface area contributed by atoms with Crippen molar-refractivity contribution in [1.82, 2.24) is 5.32 Å². The Balaban J connectivity index is 2.05. The third-order valence-electron chi connectivity index (χ3n) is 3.33. The molecule has 10 heavy (non-hydrogen) atoms. The van der Waals surface area contributed by atoms with Crippen molar-refractivity contribution in [3.8, 4) is 0 Å². The van der Waals surface area contributed by atoms with Gasteiger partial charge in [-0.2, -0.15) is 0 Å². The van der Waals surface area contributed by atoms with E-state index in [0.717, 1.165) is 23.8 Å². The number of hydrogen-bond donors (Lipinski definition) is 1. The molecule has 0 aromatic rings. The fraction of sp³-hybridized carbons (Fsp3) is 1.00. The summed E-state index contributed by atoms with van der Waals surface area (Å²) >= 11 is 0. The fourth-order valence-electron chi connectivity index (χ4n) is 2.78. The van der Waals surface area contributed by atoms with E-state index < -0.39 is 0 Å². The van der Waals surface area contributed by atoms with Crippen LogP contribution in [-0.2, 0) is 0 Å². The third kappa shape index (κ3) is 0.878. The summed E-state index contributed by atoms with van der Waals surface area (Å²) in [5.41, 5.74) is 0. The second-order valence-electron chi connectivity index (χ2n) is 4.20. The van der Waals surface area contributed by atoms with Gasteiger partial charge in [-0.15, -0.1) is 0 Å². The number of hydrogen-bond acceptors (Lipinski definition) is 1. The minimum atomic E-state index is 0.801. The Morgan fingerprint density at radius 2 is 2.00 bits per heavy atom. The normalized spacial score (nSPS) is 53.4. The van der Waals surface area contributed by atoms with Crippen LogP contribution in [0.25, 0.3) is 0 Å². The van der Waals surface area contributed by atoms with Crippen LogP contribution in [0.5, 0.6) is 0 Å². The summed E-state index contributed by atoms with van der Waals surface area (Å²) < 4.78 is 0. The van der Waals surface area contributed by atoms with Crippen molar-refractivity contribution in [3.05, 3.63) is 0 Å². The first kappa shape index (κ1) is 6.66. The van der Waals surface area contributed by atoms with Gasteiger partial charge in [0.25, 0.3) is 0 Å². The standard InChI is InChI=1S/C9H17N/c1-6-3-8-5-10-7(2)9(8)4-6/h6-10H,3-5H2,1-2H3/t6?,7-,8?,9+/m0/s1. The molecule has 2 unspecified atom stereocenters. The quantitative estimate of drug-likeness (QED) is 0.538. The van der Waals surface area contributed by atoms with Crippen LogP contribution < -0.4 is 5.32 Å². The average molecular weight is 139 g/mol. The predicted molar refractivity (Wildman–Crippen MR) is 42.8 cm³/mol. The molecule has 0 bridgehead atoms. The van der Waals surface area contributed by atoms with Crippen molar-refractivity contribution in [3.63, 3.8) is 0 Å². The van der Waals surface area contributed by atoms with Crippen molar-refractivity contribution in [2.24, 2.45) is 17.8 Å². The van der Waals surface area contributed by atoms with E-state index in [9.17, 15) is 0 Å². The first-order valence-electron chi connectivity index (χ1n) is 4.50. The van der Waals surface area contributed by atoms with E-state index in [1.54, 1.807) is 0 Å². The lowest BCUT2D eigenvalue weighted by molar-refractivity contribution is 0.425. The van der Waals surface area contributed by atoms with Crippen molar-refractivity contribution in [1.29, 1.82) is 0 Å². The molecule has 1 N–H and O–H groups in total. The van der Waals surface area contributed by atoms with Crippen LogP contribution in [0.1, 0.15) is 26.7 Å². The third-order valence-corrected chi connectivity index (χ3v) is 3.33. The molecule has 0 aromatic heterocycles. The van der Waals surface area contributed by atoms with E-state index >= 15 is 0 Å². The molecule has 4 atom stereocenters. The van der Waals surface area contributed by atoms with Gasteiger partial charge in [0, 0.05) is 6.04 Å². The Hall–Kier alpha value is -0.0400. The Kier molecular flexibility index (Phi) is 1.48. The summed E-state index contributed by atoms with van der Waals surface area (Å²) in [5, 5.41) is 3.54. The molecule has 1 heterocycles. The van der Waals surface area contributed by atoms with Crippen molar-refractivity contribution in [2.45, 2.75) is 32.7 Å². The summed E-state index contributed by atoms with van der Waals surface area (Å²) in [6, 6.07) is 0.801. The van der Waals surface area contributed by atoms with Crippen LogP contribution in [-0.4, -0.2) is 12.6 Å². The minimum Gasteiger partial charge on any atom is -0.314 e.